The highest BCUT2D eigenvalue weighted by Gasteiger charge is 2.41. The fraction of sp³-hybridized carbons (Fsp3) is 0.333. The van der Waals surface area contributed by atoms with E-state index in [4.69, 9.17) is 16.3 Å². The molecule has 0 atom stereocenters. The van der Waals surface area contributed by atoms with Crippen molar-refractivity contribution in [3.63, 3.8) is 0 Å². The average Bonchev–Trinajstić information content (AvgIpc) is 3.01. The zero-order chi connectivity index (χ0) is 22.0. The van der Waals surface area contributed by atoms with Crippen molar-refractivity contribution in [3.05, 3.63) is 68.7 Å². The van der Waals surface area contributed by atoms with Crippen LogP contribution in [0.2, 0.25) is 5.02 Å². The van der Waals surface area contributed by atoms with Crippen molar-refractivity contribution in [1.82, 2.24) is 14.7 Å². The molecule has 0 radical (unpaired) electrons. The minimum atomic E-state index is -0.627. The molecule has 9 nitrogen and oxygen atoms in total. The Kier molecular flexibility index (Phi) is 6.17. The van der Waals surface area contributed by atoms with Crippen molar-refractivity contribution in [2.24, 2.45) is 0 Å². The van der Waals surface area contributed by atoms with Gasteiger partial charge in [0.15, 0.2) is 0 Å². The molecule has 1 saturated heterocycles. The molecule has 2 aromatic carbocycles. The lowest BCUT2D eigenvalue weighted by Gasteiger charge is -2.35. The van der Waals surface area contributed by atoms with Crippen molar-refractivity contribution >= 4 is 29.1 Å². The van der Waals surface area contributed by atoms with Crippen LogP contribution in [0.5, 0.6) is 5.75 Å². The largest absolute Gasteiger partial charge is 0.492 e. The Balaban J connectivity index is 1.28. The summed E-state index contributed by atoms with van der Waals surface area (Å²) in [7, 11) is 0. The monoisotopic (exact) mass is 444 g/mol. The van der Waals surface area contributed by atoms with Gasteiger partial charge in [-0.2, -0.15) is 0 Å². The summed E-state index contributed by atoms with van der Waals surface area (Å²) < 4.78 is 5.73. The second-order valence-electron chi connectivity index (χ2n) is 7.40. The molecule has 2 aliphatic heterocycles. The molecular formula is C21H21ClN4O5. The number of imide groups is 1. The number of nitro benzene ring substituents is 1. The SMILES string of the molecule is O=C1c2cccc([N+](=O)[O-])c2C(=O)N1CN1CCN(CCOc2ccc(Cl)cc2)CC1. The van der Waals surface area contributed by atoms with Crippen LogP contribution < -0.4 is 4.74 Å². The third-order valence-electron chi connectivity index (χ3n) is 5.47. The summed E-state index contributed by atoms with van der Waals surface area (Å²) in [4.78, 5) is 41.3. The highest BCUT2D eigenvalue weighted by atomic mass is 35.5. The Bertz CT molecular complexity index is 1010. The van der Waals surface area contributed by atoms with Crippen LogP contribution in [0.3, 0.4) is 0 Å². The molecular weight excluding hydrogens is 424 g/mol. The van der Waals surface area contributed by atoms with Gasteiger partial charge in [-0.15, -0.1) is 0 Å². The molecule has 2 aliphatic rings. The second-order valence-corrected chi connectivity index (χ2v) is 7.84. The van der Waals surface area contributed by atoms with E-state index in [1.54, 1.807) is 12.1 Å². The first kappa shape index (κ1) is 21.2. The number of nitrogens with zero attached hydrogens (tertiary/aromatic N) is 4. The molecule has 1 fully saturated rings. The lowest BCUT2D eigenvalue weighted by Crippen LogP contribution is -2.51. The molecule has 0 aliphatic carbocycles. The van der Waals surface area contributed by atoms with Gasteiger partial charge in [-0.3, -0.25) is 34.4 Å². The van der Waals surface area contributed by atoms with Gasteiger partial charge in [0.25, 0.3) is 17.5 Å². The van der Waals surface area contributed by atoms with E-state index in [-0.39, 0.29) is 23.5 Å². The smallest absolute Gasteiger partial charge is 0.282 e. The van der Waals surface area contributed by atoms with Crippen LogP contribution in [0, 0.1) is 10.1 Å². The number of benzene rings is 2. The highest BCUT2D eigenvalue weighted by molar-refractivity contribution is 6.30. The predicted molar refractivity (Wildman–Crippen MR) is 113 cm³/mol. The van der Waals surface area contributed by atoms with Crippen LogP contribution >= 0.6 is 11.6 Å². The van der Waals surface area contributed by atoms with E-state index in [9.17, 15) is 19.7 Å². The molecule has 162 valence electrons. The lowest BCUT2D eigenvalue weighted by molar-refractivity contribution is -0.385. The van der Waals surface area contributed by atoms with Crippen molar-refractivity contribution in [2.45, 2.75) is 0 Å². The Hall–Kier alpha value is -3.01. The van der Waals surface area contributed by atoms with Crippen molar-refractivity contribution < 1.29 is 19.2 Å². The van der Waals surface area contributed by atoms with Crippen molar-refractivity contribution in [3.8, 4) is 5.75 Å². The summed E-state index contributed by atoms with van der Waals surface area (Å²) in [6.45, 7) is 4.32. The minimum absolute atomic E-state index is 0.0946. The van der Waals surface area contributed by atoms with Gasteiger partial charge < -0.3 is 4.74 Å². The van der Waals surface area contributed by atoms with E-state index < -0.39 is 16.7 Å². The van der Waals surface area contributed by atoms with Gasteiger partial charge in [0.05, 0.1) is 17.2 Å². The van der Waals surface area contributed by atoms with Crippen LogP contribution in [0.4, 0.5) is 5.69 Å². The Morgan fingerprint density at radius 2 is 1.65 bits per heavy atom. The molecule has 0 saturated carbocycles. The summed E-state index contributed by atoms with van der Waals surface area (Å²) in [5, 5.41) is 11.9. The van der Waals surface area contributed by atoms with E-state index in [0.717, 1.165) is 30.3 Å². The quantitative estimate of drug-likeness (QED) is 0.367. The molecule has 0 bridgehead atoms. The van der Waals surface area contributed by atoms with Crippen LogP contribution in [-0.2, 0) is 0 Å². The number of ether oxygens (including phenoxy) is 1. The van der Waals surface area contributed by atoms with Crippen LogP contribution in [-0.4, -0.2) is 77.4 Å². The number of hydrogen-bond donors (Lipinski definition) is 0. The lowest BCUT2D eigenvalue weighted by atomic mass is 10.1. The molecule has 0 spiro atoms. The number of fused-ring (bicyclic) bond motifs is 1. The number of carbonyl (C=O) groups is 2. The number of amides is 2. The third-order valence-corrected chi connectivity index (χ3v) is 5.72. The van der Waals surface area contributed by atoms with Gasteiger partial charge in [0, 0.05) is 43.8 Å². The summed E-state index contributed by atoms with van der Waals surface area (Å²) in [5.74, 6) is -0.323. The summed E-state index contributed by atoms with van der Waals surface area (Å²) in [6.07, 6.45) is 0. The second kappa shape index (κ2) is 9.01. The first-order valence-electron chi connectivity index (χ1n) is 9.90. The van der Waals surface area contributed by atoms with Gasteiger partial charge in [0.2, 0.25) is 0 Å². The van der Waals surface area contributed by atoms with Crippen LogP contribution in [0.1, 0.15) is 20.7 Å². The molecule has 0 unspecified atom stereocenters. The topological polar surface area (TPSA) is 96.2 Å². The maximum atomic E-state index is 12.7. The predicted octanol–water partition coefficient (Wildman–Crippen LogP) is 2.50. The Labute approximate surface area is 183 Å². The molecule has 10 heteroatoms. The number of rotatable bonds is 7. The maximum absolute atomic E-state index is 12.7. The van der Waals surface area contributed by atoms with Crippen LogP contribution in [0.15, 0.2) is 42.5 Å². The maximum Gasteiger partial charge on any atom is 0.282 e. The minimum Gasteiger partial charge on any atom is -0.492 e. The fourth-order valence-electron chi connectivity index (χ4n) is 3.77. The van der Waals surface area contributed by atoms with Gasteiger partial charge >= 0.3 is 0 Å². The molecule has 2 heterocycles. The molecule has 4 rings (SSSR count). The van der Waals surface area contributed by atoms with Gasteiger partial charge in [-0.25, -0.2) is 0 Å². The Morgan fingerprint density at radius 1 is 0.968 bits per heavy atom. The standard InChI is InChI=1S/C21H21ClN4O5/c22-15-4-6-16(7-5-15)31-13-12-23-8-10-24(11-9-23)14-25-20(27)17-2-1-3-18(26(29)30)19(17)21(25)28/h1-7H,8-14H2. The summed E-state index contributed by atoms with van der Waals surface area (Å²) >= 11 is 5.86. The molecule has 2 aromatic rings. The molecule has 2 amide bonds. The average molecular weight is 445 g/mol. The fourth-order valence-corrected chi connectivity index (χ4v) is 3.90. The Morgan fingerprint density at radius 3 is 2.32 bits per heavy atom. The summed E-state index contributed by atoms with van der Waals surface area (Å²) in [6, 6.07) is 11.3. The number of nitro groups is 1. The van der Waals surface area contributed by atoms with E-state index >= 15 is 0 Å². The van der Waals surface area contributed by atoms with Gasteiger partial charge in [-0.05, 0) is 30.3 Å². The third kappa shape index (κ3) is 4.53. The zero-order valence-electron chi connectivity index (χ0n) is 16.7. The number of hydrogen-bond acceptors (Lipinski definition) is 7. The van der Waals surface area contributed by atoms with E-state index in [2.05, 4.69) is 4.90 Å². The number of piperazine rings is 1. The highest BCUT2D eigenvalue weighted by Crippen LogP contribution is 2.30. The first-order chi connectivity index (χ1) is 14.9. The van der Waals surface area contributed by atoms with Gasteiger partial charge in [0.1, 0.15) is 17.9 Å². The molecule has 31 heavy (non-hydrogen) atoms. The summed E-state index contributed by atoms with van der Waals surface area (Å²) in [5.41, 5.74) is -0.350. The normalized spacial score (nSPS) is 17.1. The number of carbonyl (C=O) groups excluding carboxylic acids is 2. The van der Waals surface area contributed by atoms with E-state index in [0.29, 0.717) is 24.7 Å². The molecule has 0 aromatic heterocycles. The van der Waals surface area contributed by atoms with Crippen molar-refractivity contribution in [2.75, 3.05) is 46.0 Å². The first-order valence-corrected chi connectivity index (χ1v) is 10.3. The number of halogens is 1. The molecule has 0 N–H and O–H groups in total. The van der Waals surface area contributed by atoms with E-state index in [1.807, 2.05) is 17.0 Å². The van der Waals surface area contributed by atoms with Crippen molar-refractivity contribution in [1.29, 1.82) is 0 Å². The van der Waals surface area contributed by atoms with E-state index in [1.165, 1.54) is 18.2 Å². The van der Waals surface area contributed by atoms with Gasteiger partial charge in [-0.1, -0.05) is 17.7 Å². The van der Waals surface area contributed by atoms with Crippen LogP contribution in [0.25, 0.3) is 0 Å². The zero-order valence-corrected chi connectivity index (χ0v) is 17.5.